The van der Waals surface area contributed by atoms with Crippen molar-refractivity contribution >= 4 is 17.5 Å². The van der Waals surface area contributed by atoms with Crippen LogP contribution in [0.2, 0.25) is 0 Å². The number of rotatable bonds is 5. The van der Waals surface area contributed by atoms with Crippen molar-refractivity contribution in [1.82, 2.24) is 5.32 Å². The van der Waals surface area contributed by atoms with E-state index in [0.29, 0.717) is 12.5 Å². The van der Waals surface area contributed by atoms with Gasteiger partial charge in [0.15, 0.2) is 0 Å². The summed E-state index contributed by atoms with van der Waals surface area (Å²) in [4.78, 5) is 12.0. The van der Waals surface area contributed by atoms with Crippen molar-refractivity contribution in [1.29, 1.82) is 0 Å². The molecule has 21 heavy (non-hydrogen) atoms. The van der Waals surface area contributed by atoms with E-state index >= 15 is 0 Å². The van der Waals surface area contributed by atoms with Gasteiger partial charge >= 0.3 is 0 Å². The minimum Gasteiger partial charge on any atom is -0.348 e. The van der Waals surface area contributed by atoms with Gasteiger partial charge in [0, 0.05) is 18.0 Å². The molecule has 2 rings (SSSR count). The van der Waals surface area contributed by atoms with Crippen molar-refractivity contribution < 1.29 is 13.6 Å². The van der Waals surface area contributed by atoms with E-state index in [4.69, 9.17) is 11.6 Å². The van der Waals surface area contributed by atoms with E-state index in [9.17, 15) is 13.6 Å². The molecule has 0 saturated heterocycles. The molecule has 2 aromatic carbocycles. The van der Waals surface area contributed by atoms with E-state index in [1.54, 1.807) is 0 Å². The van der Waals surface area contributed by atoms with Gasteiger partial charge in [-0.05, 0) is 24.1 Å². The smallest absolute Gasteiger partial charge is 0.254 e. The number of hydrogen-bond donors (Lipinski definition) is 1. The predicted molar refractivity (Wildman–Crippen MR) is 78.5 cm³/mol. The molecule has 0 aliphatic carbocycles. The van der Waals surface area contributed by atoms with Gasteiger partial charge in [-0.3, -0.25) is 4.79 Å². The highest BCUT2D eigenvalue weighted by molar-refractivity contribution is 6.18. The van der Waals surface area contributed by atoms with Gasteiger partial charge in [-0.25, -0.2) is 8.78 Å². The maximum Gasteiger partial charge on any atom is 0.254 e. The van der Waals surface area contributed by atoms with Gasteiger partial charge < -0.3 is 5.32 Å². The number of amides is 1. The molecule has 1 N–H and O–H groups in total. The molecule has 0 aliphatic rings. The van der Waals surface area contributed by atoms with Crippen LogP contribution >= 0.6 is 11.6 Å². The van der Waals surface area contributed by atoms with Gasteiger partial charge in [0.1, 0.15) is 11.6 Å². The second-order valence-electron chi connectivity index (χ2n) is 4.64. The highest BCUT2D eigenvalue weighted by atomic mass is 35.5. The zero-order valence-corrected chi connectivity index (χ0v) is 11.9. The number of carbonyl (C=O) groups is 1. The molecular weight excluding hydrogens is 296 g/mol. The fourth-order valence-corrected chi connectivity index (χ4v) is 2.17. The Balaban J connectivity index is 2.06. The summed E-state index contributed by atoms with van der Waals surface area (Å²) >= 11 is 5.85. The molecule has 0 heterocycles. The molecule has 1 atom stereocenters. The van der Waals surface area contributed by atoms with E-state index in [1.807, 2.05) is 30.3 Å². The monoisotopic (exact) mass is 309 g/mol. The first-order valence-electron chi connectivity index (χ1n) is 6.46. The maximum atomic E-state index is 13.5. The standard InChI is InChI=1S/C16H14ClF2NO/c17-10-13(8-11-4-2-1-3-5-11)20-16(21)14-7-6-12(18)9-15(14)19/h1-7,9,13H,8,10H2,(H,20,21). The number of carbonyl (C=O) groups excluding carboxylic acids is 1. The molecule has 0 aliphatic heterocycles. The Bertz CT molecular complexity index is 619. The fourth-order valence-electron chi connectivity index (χ4n) is 1.98. The number of nitrogens with one attached hydrogen (secondary N) is 1. The second kappa shape index (κ2) is 7.18. The Morgan fingerprint density at radius 3 is 2.48 bits per heavy atom. The Kier molecular flexibility index (Phi) is 5.28. The minimum absolute atomic E-state index is 0.195. The van der Waals surface area contributed by atoms with Crippen molar-refractivity contribution in [3.63, 3.8) is 0 Å². The number of hydrogen-bond acceptors (Lipinski definition) is 1. The molecule has 0 fully saturated rings. The Morgan fingerprint density at radius 1 is 1.14 bits per heavy atom. The lowest BCUT2D eigenvalue weighted by Gasteiger charge is -2.16. The van der Waals surface area contributed by atoms with Gasteiger partial charge in [-0.15, -0.1) is 11.6 Å². The van der Waals surface area contributed by atoms with Crippen molar-refractivity contribution in [2.24, 2.45) is 0 Å². The topological polar surface area (TPSA) is 29.1 Å². The predicted octanol–water partition coefficient (Wildman–Crippen LogP) is 3.54. The van der Waals surface area contributed by atoms with E-state index in [-0.39, 0.29) is 17.5 Å². The van der Waals surface area contributed by atoms with Crippen LogP contribution < -0.4 is 5.32 Å². The maximum absolute atomic E-state index is 13.5. The molecule has 0 spiro atoms. The summed E-state index contributed by atoms with van der Waals surface area (Å²) in [7, 11) is 0. The van der Waals surface area contributed by atoms with E-state index in [0.717, 1.165) is 17.7 Å². The lowest BCUT2D eigenvalue weighted by molar-refractivity contribution is 0.0936. The molecule has 0 aromatic heterocycles. The summed E-state index contributed by atoms with van der Waals surface area (Å²) in [5.41, 5.74) is 0.822. The minimum atomic E-state index is -0.888. The third-order valence-corrected chi connectivity index (χ3v) is 3.39. The molecule has 110 valence electrons. The highest BCUT2D eigenvalue weighted by Crippen LogP contribution is 2.11. The third-order valence-electron chi connectivity index (χ3n) is 3.02. The SMILES string of the molecule is O=C(NC(CCl)Cc1ccccc1)c1ccc(F)cc1F. The zero-order valence-electron chi connectivity index (χ0n) is 11.2. The van der Waals surface area contributed by atoms with Gasteiger partial charge in [0.25, 0.3) is 5.91 Å². The number of halogens is 3. The first kappa shape index (κ1) is 15.4. The molecule has 1 amide bonds. The van der Waals surface area contributed by atoms with E-state index in [2.05, 4.69) is 5.32 Å². The zero-order chi connectivity index (χ0) is 15.2. The van der Waals surface area contributed by atoms with Crippen molar-refractivity contribution in [3.8, 4) is 0 Å². The molecule has 0 saturated carbocycles. The summed E-state index contributed by atoms with van der Waals surface area (Å²) in [5.74, 6) is -2.01. The largest absolute Gasteiger partial charge is 0.348 e. The summed E-state index contributed by atoms with van der Waals surface area (Å²) < 4.78 is 26.4. The lowest BCUT2D eigenvalue weighted by atomic mass is 10.1. The summed E-state index contributed by atoms with van der Waals surface area (Å²) in [5, 5.41) is 2.66. The molecule has 5 heteroatoms. The van der Waals surface area contributed by atoms with Gasteiger partial charge in [-0.2, -0.15) is 0 Å². The molecule has 2 aromatic rings. The van der Waals surface area contributed by atoms with Gasteiger partial charge in [0.2, 0.25) is 0 Å². The van der Waals surface area contributed by atoms with E-state index in [1.165, 1.54) is 0 Å². The third kappa shape index (κ3) is 4.26. The Labute approximate surface area is 126 Å². The molecule has 1 unspecified atom stereocenters. The summed E-state index contributed by atoms with van der Waals surface area (Å²) in [6.07, 6.45) is 0.541. The van der Waals surface area contributed by atoms with Crippen LogP contribution in [0, 0.1) is 11.6 Å². The van der Waals surface area contributed by atoms with Gasteiger partial charge in [0.05, 0.1) is 5.56 Å². The van der Waals surface area contributed by atoms with Crippen LogP contribution in [0.1, 0.15) is 15.9 Å². The van der Waals surface area contributed by atoms with Crippen LogP contribution in [0.15, 0.2) is 48.5 Å². The molecule has 0 radical (unpaired) electrons. The quantitative estimate of drug-likeness (QED) is 0.841. The van der Waals surface area contributed by atoms with Crippen LogP contribution in [0.5, 0.6) is 0 Å². The molecule has 2 nitrogen and oxygen atoms in total. The first-order valence-corrected chi connectivity index (χ1v) is 6.99. The molecule has 0 bridgehead atoms. The van der Waals surface area contributed by atoms with Crippen LogP contribution in [0.3, 0.4) is 0 Å². The van der Waals surface area contributed by atoms with Crippen LogP contribution in [0.25, 0.3) is 0 Å². The Hall–Kier alpha value is -1.94. The second-order valence-corrected chi connectivity index (χ2v) is 4.95. The van der Waals surface area contributed by atoms with Crippen LogP contribution in [-0.4, -0.2) is 17.8 Å². The van der Waals surface area contributed by atoms with Crippen molar-refractivity contribution in [2.45, 2.75) is 12.5 Å². The number of alkyl halides is 1. The number of benzene rings is 2. The van der Waals surface area contributed by atoms with Crippen LogP contribution in [0.4, 0.5) is 8.78 Å². The normalized spacial score (nSPS) is 12.0. The average molecular weight is 310 g/mol. The first-order chi connectivity index (χ1) is 10.1. The van der Waals surface area contributed by atoms with Crippen LogP contribution in [-0.2, 0) is 6.42 Å². The van der Waals surface area contributed by atoms with Crippen molar-refractivity contribution in [3.05, 3.63) is 71.3 Å². The van der Waals surface area contributed by atoms with Crippen molar-refractivity contribution in [2.75, 3.05) is 5.88 Å². The van der Waals surface area contributed by atoms with Gasteiger partial charge in [-0.1, -0.05) is 30.3 Å². The molecular formula is C16H14ClF2NO. The Morgan fingerprint density at radius 2 is 1.86 bits per heavy atom. The highest BCUT2D eigenvalue weighted by Gasteiger charge is 2.17. The average Bonchev–Trinajstić information content (AvgIpc) is 2.47. The fraction of sp³-hybridized carbons (Fsp3) is 0.188. The summed E-state index contributed by atoms with van der Waals surface area (Å²) in [6, 6.07) is 12.0. The van der Waals surface area contributed by atoms with E-state index < -0.39 is 17.5 Å². The lowest BCUT2D eigenvalue weighted by Crippen LogP contribution is -2.38. The summed E-state index contributed by atoms with van der Waals surface area (Å²) in [6.45, 7) is 0.